The van der Waals surface area contributed by atoms with Crippen LogP contribution in [0.15, 0.2) is 46.9 Å². The van der Waals surface area contributed by atoms with Crippen molar-refractivity contribution in [1.82, 2.24) is 0 Å². The lowest BCUT2D eigenvalue weighted by Crippen LogP contribution is -2.30. The minimum Gasteiger partial charge on any atom is -0.308 e. The largest absolute Gasteiger partial charge is 0.308 e. The van der Waals surface area contributed by atoms with Gasteiger partial charge in [0.25, 0.3) is 5.91 Å². The summed E-state index contributed by atoms with van der Waals surface area (Å²) in [5, 5.41) is 0. The molecule has 3 rings (SSSR count). The molecule has 5 nitrogen and oxygen atoms in total. The first-order valence-corrected chi connectivity index (χ1v) is 10.4. The van der Waals surface area contributed by atoms with E-state index in [4.69, 9.17) is 0 Å². The highest BCUT2D eigenvalue weighted by atomic mass is 79.9. The Bertz CT molecular complexity index is 928. The normalized spacial score (nSPS) is 13.6. The number of hydrogen-bond acceptors (Lipinski definition) is 3. The molecule has 1 aliphatic heterocycles. The maximum Gasteiger partial charge on any atom is 0.258 e. The fraction of sp³-hybridized carbons (Fsp3) is 0.278. The van der Waals surface area contributed by atoms with Gasteiger partial charge in [-0.3, -0.25) is 9.10 Å². The predicted octanol–water partition coefficient (Wildman–Crippen LogP) is 3.44. The van der Waals surface area contributed by atoms with Crippen LogP contribution in [0, 0.1) is 0 Å². The van der Waals surface area contributed by atoms with Gasteiger partial charge in [0.2, 0.25) is 10.0 Å². The summed E-state index contributed by atoms with van der Waals surface area (Å²) in [5.74, 6) is -0.110. The molecule has 0 bridgehead atoms. The summed E-state index contributed by atoms with van der Waals surface area (Å²) in [5.41, 5.74) is 3.01. The van der Waals surface area contributed by atoms with Gasteiger partial charge in [-0.25, -0.2) is 8.42 Å². The number of anilines is 2. The van der Waals surface area contributed by atoms with Crippen molar-refractivity contribution in [1.29, 1.82) is 0 Å². The summed E-state index contributed by atoms with van der Waals surface area (Å²) in [7, 11) is -1.86. The zero-order valence-electron chi connectivity index (χ0n) is 14.1. The molecule has 1 amide bonds. The molecule has 0 aliphatic carbocycles. The van der Waals surface area contributed by atoms with Crippen molar-refractivity contribution in [2.45, 2.75) is 13.3 Å². The first kappa shape index (κ1) is 17.9. The van der Waals surface area contributed by atoms with Gasteiger partial charge in [0.15, 0.2) is 0 Å². The maximum atomic E-state index is 12.9. The van der Waals surface area contributed by atoms with Gasteiger partial charge in [-0.1, -0.05) is 22.0 Å². The molecule has 0 spiro atoms. The number of amides is 1. The van der Waals surface area contributed by atoms with E-state index in [0.29, 0.717) is 17.8 Å². The molecular formula is C18H19BrN2O3S. The van der Waals surface area contributed by atoms with Crippen molar-refractivity contribution in [2.75, 3.05) is 28.6 Å². The van der Waals surface area contributed by atoms with Crippen LogP contribution in [0.3, 0.4) is 0 Å². The summed E-state index contributed by atoms with van der Waals surface area (Å²) in [6.45, 7) is 2.22. The van der Waals surface area contributed by atoms with E-state index in [9.17, 15) is 13.2 Å². The SMILES string of the molecule is CCS(=O)(=O)N(C)c1cccc(C(=O)N2CCc3cc(Br)ccc32)c1. The van der Waals surface area contributed by atoms with Crippen LogP contribution in [0.1, 0.15) is 22.8 Å². The Morgan fingerprint density at radius 1 is 1.24 bits per heavy atom. The number of carbonyl (C=O) groups excluding carboxylic acids is 1. The maximum absolute atomic E-state index is 12.9. The van der Waals surface area contributed by atoms with Crippen LogP contribution in [0.4, 0.5) is 11.4 Å². The highest BCUT2D eigenvalue weighted by Crippen LogP contribution is 2.32. The fourth-order valence-electron chi connectivity index (χ4n) is 2.93. The monoisotopic (exact) mass is 422 g/mol. The van der Waals surface area contributed by atoms with Gasteiger partial charge in [0.05, 0.1) is 11.4 Å². The zero-order chi connectivity index (χ0) is 18.2. The van der Waals surface area contributed by atoms with Gasteiger partial charge in [-0.15, -0.1) is 0 Å². The molecule has 0 fully saturated rings. The smallest absolute Gasteiger partial charge is 0.258 e. The molecule has 0 aromatic heterocycles. The van der Waals surface area contributed by atoms with Gasteiger partial charge in [0, 0.05) is 29.3 Å². The molecule has 0 N–H and O–H groups in total. The Kier molecular flexibility index (Phi) is 4.88. The Hall–Kier alpha value is -1.86. The number of halogens is 1. The van der Waals surface area contributed by atoms with Gasteiger partial charge in [0.1, 0.15) is 0 Å². The predicted molar refractivity (Wildman–Crippen MR) is 104 cm³/mol. The fourth-order valence-corrected chi connectivity index (χ4v) is 4.16. The number of hydrogen-bond donors (Lipinski definition) is 0. The molecule has 1 heterocycles. The van der Waals surface area contributed by atoms with E-state index in [1.165, 1.54) is 11.4 Å². The third kappa shape index (κ3) is 3.43. The number of sulfonamides is 1. The van der Waals surface area contributed by atoms with Crippen LogP contribution in [0.2, 0.25) is 0 Å². The van der Waals surface area contributed by atoms with Gasteiger partial charge < -0.3 is 4.90 Å². The van der Waals surface area contributed by atoms with Crippen molar-refractivity contribution >= 4 is 43.2 Å². The van der Waals surface area contributed by atoms with E-state index in [-0.39, 0.29) is 11.7 Å². The van der Waals surface area contributed by atoms with E-state index in [0.717, 1.165) is 22.1 Å². The Morgan fingerprint density at radius 2 is 2.00 bits per heavy atom. The first-order chi connectivity index (χ1) is 11.8. The molecule has 25 heavy (non-hydrogen) atoms. The number of benzene rings is 2. The minimum absolute atomic E-state index is 0.00997. The summed E-state index contributed by atoms with van der Waals surface area (Å²) < 4.78 is 26.3. The molecule has 7 heteroatoms. The van der Waals surface area contributed by atoms with E-state index >= 15 is 0 Å². The molecule has 0 atom stereocenters. The number of fused-ring (bicyclic) bond motifs is 1. The van der Waals surface area contributed by atoms with Crippen molar-refractivity contribution < 1.29 is 13.2 Å². The minimum atomic E-state index is -3.36. The summed E-state index contributed by atoms with van der Waals surface area (Å²) in [6.07, 6.45) is 0.810. The van der Waals surface area contributed by atoms with Crippen LogP contribution >= 0.6 is 15.9 Å². The molecule has 0 unspecified atom stereocenters. The standard InChI is InChI=1S/C18H19BrN2O3S/c1-3-25(23,24)20(2)16-6-4-5-14(12-16)18(22)21-10-9-13-11-15(19)7-8-17(13)21/h4-8,11-12H,3,9-10H2,1-2H3. The molecule has 2 aromatic carbocycles. The number of rotatable bonds is 4. The number of nitrogens with zero attached hydrogens (tertiary/aromatic N) is 2. The van der Waals surface area contributed by atoms with Crippen LogP contribution in [-0.2, 0) is 16.4 Å². The third-order valence-corrected chi connectivity index (χ3v) is 6.69. The molecule has 0 saturated heterocycles. The second-order valence-electron chi connectivity index (χ2n) is 5.90. The second kappa shape index (κ2) is 6.80. The van der Waals surface area contributed by atoms with Gasteiger partial charge in [-0.2, -0.15) is 0 Å². The molecule has 2 aromatic rings. The lowest BCUT2D eigenvalue weighted by Gasteiger charge is -2.21. The average Bonchev–Trinajstić information content (AvgIpc) is 3.03. The molecule has 132 valence electrons. The van der Waals surface area contributed by atoms with E-state index in [1.54, 1.807) is 36.1 Å². The highest BCUT2D eigenvalue weighted by Gasteiger charge is 2.26. The van der Waals surface area contributed by atoms with Gasteiger partial charge in [-0.05, 0) is 55.3 Å². The lowest BCUT2D eigenvalue weighted by atomic mass is 10.1. The lowest BCUT2D eigenvalue weighted by molar-refractivity contribution is 0.0989. The Balaban J connectivity index is 1.91. The average molecular weight is 423 g/mol. The quantitative estimate of drug-likeness (QED) is 0.757. The van der Waals surface area contributed by atoms with Crippen LogP contribution < -0.4 is 9.21 Å². The zero-order valence-corrected chi connectivity index (χ0v) is 16.5. The third-order valence-electron chi connectivity index (χ3n) is 4.42. The van der Waals surface area contributed by atoms with Gasteiger partial charge >= 0.3 is 0 Å². The van der Waals surface area contributed by atoms with Crippen LogP contribution in [0.5, 0.6) is 0 Å². The summed E-state index contributed by atoms with van der Waals surface area (Å²) in [4.78, 5) is 14.7. The highest BCUT2D eigenvalue weighted by molar-refractivity contribution is 9.10. The van der Waals surface area contributed by atoms with E-state index in [1.807, 2.05) is 18.2 Å². The van der Waals surface area contributed by atoms with E-state index < -0.39 is 10.0 Å². The van der Waals surface area contributed by atoms with Crippen LogP contribution in [0.25, 0.3) is 0 Å². The molecule has 1 aliphatic rings. The number of carbonyl (C=O) groups is 1. The van der Waals surface area contributed by atoms with Crippen LogP contribution in [-0.4, -0.2) is 33.7 Å². The van der Waals surface area contributed by atoms with Crippen molar-refractivity contribution in [3.8, 4) is 0 Å². The summed E-state index contributed by atoms with van der Waals surface area (Å²) in [6, 6.07) is 12.6. The van der Waals surface area contributed by atoms with Crippen molar-refractivity contribution in [3.05, 3.63) is 58.1 Å². The molecular weight excluding hydrogens is 404 g/mol. The second-order valence-corrected chi connectivity index (χ2v) is 9.10. The van der Waals surface area contributed by atoms with Crippen molar-refractivity contribution in [2.24, 2.45) is 0 Å². The Morgan fingerprint density at radius 3 is 2.72 bits per heavy atom. The summed E-state index contributed by atoms with van der Waals surface area (Å²) >= 11 is 3.45. The van der Waals surface area contributed by atoms with Crippen molar-refractivity contribution in [3.63, 3.8) is 0 Å². The Labute approximate surface area is 156 Å². The van der Waals surface area contributed by atoms with E-state index in [2.05, 4.69) is 15.9 Å². The molecule has 0 radical (unpaired) electrons. The molecule has 0 saturated carbocycles. The topological polar surface area (TPSA) is 57.7 Å². The first-order valence-electron chi connectivity index (χ1n) is 8.00.